The molecule has 0 heterocycles. The van der Waals surface area contributed by atoms with Crippen LogP contribution in [0.2, 0.25) is 0 Å². The van der Waals surface area contributed by atoms with E-state index in [4.69, 9.17) is 21.9 Å². The van der Waals surface area contributed by atoms with E-state index in [1.54, 1.807) is 19.9 Å². The molecule has 1 amide bonds. The number of unbranched alkanes of at least 4 members (excludes halogenated alkanes) is 1. The minimum Gasteiger partial charge on any atom is -0.485 e. The third-order valence-corrected chi connectivity index (χ3v) is 12.5. The van der Waals surface area contributed by atoms with Gasteiger partial charge < -0.3 is 27.3 Å². The number of ether oxygens (including phenoxy) is 1. The maximum atomic E-state index is 14.3. The third-order valence-electron chi connectivity index (χ3n) is 12.5. The molecule has 68 heavy (non-hydrogen) atoms. The number of aryl methyl sites for hydroxylation is 2. The first kappa shape index (κ1) is 53.2. The Labute approximate surface area is 401 Å². The van der Waals surface area contributed by atoms with Gasteiger partial charge in [-0.1, -0.05) is 111 Å². The zero-order chi connectivity index (χ0) is 49.2. The van der Waals surface area contributed by atoms with Crippen LogP contribution in [0.4, 0.5) is 0 Å². The Morgan fingerprint density at radius 1 is 0.676 bits per heavy atom. The zero-order valence-electron chi connectivity index (χ0n) is 40.0. The van der Waals surface area contributed by atoms with Crippen LogP contribution in [-0.4, -0.2) is 90.9 Å². The molecule has 2 unspecified atom stereocenters. The smallest absolute Gasteiger partial charge is 0.237 e. The second kappa shape index (κ2) is 26.7. The lowest BCUT2D eigenvalue weighted by atomic mass is 9.93. The molecule has 4 aromatic carbocycles. The lowest BCUT2D eigenvalue weighted by molar-refractivity contribution is -0.139. The molecule has 14 nitrogen and oxygen atoms in total. The van der Waals surface area contributed by atoms with Crippen molar-refractivity contribution in [3.05, 3.63) is 137 Å². The number of carbonyl (C=O) groups excluding carboxylic acids is 6. The minimum atomic E-state index is -0.920. The summed E-state index contributed by atoms with van der Waals surface area (Å²) in [5, 5.41) is 12.8. The van der Waals surface area contributed by atoms with Crippen LogP contribution in [0.15, 0.2) is 103 Å². The highest BCUT2D eigenvalue weighted by atomic mass is 16.5. The molecule has 7 atom stereocenters. The number of hydrogen-bond donors (Lipinski definition) is 7. The van der Waals surface area contributed by atoms with Gasteiger partial charge in [0.1, 0.15) is 5.75 Å². The molecule has 0 saturated carbocycles. The van der Waals surface area contributed by atoms with Gasteiger partial charge in [-0.05, 0) is 117 Å². The molecular formula is C54H71N7O7. The average molecular weight is 930 g/mol. The van der Waals surface area contributed by atoms with Gasteiger partial charge in [0.05, 0.1) is 48.7 Å². The largest absolute Gasteiger partial charge is 0.485 e. The van der Waals surface area contributed by atoms with Gasteiger partial charge in [-0.25, -0.2) is 0 Å². The number of rotatable bonds is 29. The highest BCUT2D eigenvalue weighted by Crippen LogP contribution is 2.35. The molecule has 0 aromatic heterocycles. The second-order valence-corrected chi connectivity index (χ2v) is 18.4. The molecule has 0 aliphatic heterocycles. The number of carbonyl (C=O) groups is 6. The van der Waals surface area contributed by atoms with E-state index >= 15 is 0 Å². The molecule has 0 radical (unpaired) electrons. The molecule has 364 valence electrons. The molecule has 5 rings (SSSR count). The summed E-state index contributed by atoms with van der Waals surface area (Å²) in [6.45, 7) is 7.49. The molecule has 0 bridgehead atoms. The predicted octanol–water partition coefficient (Wildman–Crippen LogP) is 4.16. The Morgan fingerprint density at radius 3 is 1.96 bits per heavy atom. The van der Waals surface area contributed by atoms with E-state index in [-0.39, 0.29) is 42.3 Å². The zero-order valence-corrected chi connectivity index (χ0v) is 40.0. The Hall–Kier alpha value is -5.74. The van der Waals surface area contributed by atoms with Crippen molar-refractivity contribution in [1.82, 2.24) is 21.3 Å². The Balaban J connectivity index is 1.21. The first-order valence-electron chi connectivity index (χ1n) is 24.0. The van der Waals surface area contributed by atoms with E-state index in [2.05, 4.69) is 27.3 Å². The number of Topliss-reactive ketones (excluding diaryl/α,β-unsaturated/α-hetero) is 5. The summed E-state index contributed by atoms with van der Waals surface area (Å²) in [5.41, 5.74) is 23.9. The number of nitrogens with two attached hydrogens (primary N) is 3. The van der Waals surface area contributed by atoms with E-state index in [9.17, 15) is 28.8 Å². The lowest BCUT2D eigenvalue weighted by Gasteiger charge is -2.27. The van der Waals surface area contributed by atoms with Crippen molar-refractivity contribution in [1.29, 1.82) is 0 Å². The maximum absolute atomic E-state index is 14.3. The monoisotopic (exact) mass is 930 g/mol. The van der Waals surface area contributed by atoms with Crippen LogP contribution in [-0.2, 0) is 54.5 Å². The third kappa shape index (κ3) is 15.9. The van der Waals surface area contributed by atoms with Crippen LogP contribution in [0.1, 0.15) is 99.2 Å². The standard InChI is InChI=1S/C54H71N7O7/c1-34(2)27-47(59-33-58-35(3)48(62)31-49(63)44(56)28-37-15-7-5-8-16-37)54(67)61-51-42-20-12-11-19-39(42)22-23-40-30-41(24-25-43(40)51)68-32-50(64)53(66)46(21-13-14-26-55)60-36(4)52(65)45(57)29-38-17-9-6-10-18-38/h5-12,15-20,24-25,30,34-36,44-47,51,58-60H,13-14,21-23,26-29,31-33,55-57H2,1-4H3,(H,61,67)/t35-,36?,44-,45-,46-,47-,51?/m0/s1. The van der Waals surface area contributed by atoms with Crippen molar-refractivity contribution in [3.8, 4) is 5.75 Å². The maximum Gasteiger partial charge on any atom is 0.237 e. The van der Waals surface area contributed by atoms with Gasteiger partial charge >= 0.3 is 0 Å². The Bertz CT molecular complexity index is 2310. The SMILES string of the molecule is CC(C)C[C@H](NCN[C@@H](C)C(=O)CC(=O)[C@@H](N)Cc1ccccc1)C(=O)NC1c2ccccc2CCc2cc(OCC(=O)C(=O)[C@H](CCCCN)NC(C)C(=O)[C@@H](N)Cc3ccccc3)ccc21. The second-order valence-electron chi connectivity index (χ2n) is 18.4. The normalized spacial score (nSPS) is 15.9. The van der Waals surface area contributed by atoms with Crippen molar-refractivity contribution in [2.24, 2.45) is 23.1 Å². The summed E-state index contributed by atoms with van der Waals surface area (Å²) in [6, 6.07) is 27.3. The molecule has 0 fully saturated rings. The number of benzene rings is 4. The van der Waals surface area contributed by atoms with Crippen LogP contribution < -0.4 is 43.2 Å². The summed E-state index contributed by atoms with van der Waals surface area (Å²) >= 11 is 0. The quantitative estimate of drug-likeness (QED) is 0.0176. The van der Waals surface area contributed by atoms with Crippen LogP contribution in [0.5, 0.6) is 5.75 Å². The highest BCUT2D eigenvalue weighted by Gasteiger charge is 2.32. The molecular weight excluding hydrogens is 859 g/mol. The van der Waals surface area contributed by atoms with Crippen LogP contribution in [0.3, 0.4) is 0 Å². The summed E-state index contributed by atoms with van der Waals surface area (Å²) in [5.74, 6) is -1.93. The average Bonchev–Trinajstić information content (AvgIpc) is 3.48. The van der Waals surface area contributed by atoms with Gasteiger partial charge in [-0.15, -0.1) is 0 Å². The molecule has 4 aromatic rings. The van der Waals surface area contributed by atoms with E-state index in [0.717, 1.165) is 33.4 Å². The molecule has 1 aliphatic rings. The van der Waals surface area contributed by atoms with Crippen molar-refractivity contribution in [2.75, 3.05) is 19.8 Å². The summed E-state index contributed by atoms with van der Waals surface area (Å²) < 4.78 is 5.98. The number of fused-ring (bicyclic) bond motifs is 2. The lowest BCUT2D eigenvalue weighted by Crippen LogP contribution is -2.52. The summed E-state index contributed by atoms with van der Waals surface area (Å²) in [6.07, 6.45) is 3.80. The van der Waals surface area contributed by atoms with Crippen LogP contribution in [0, 0.1) is 5.92 Å². The van der Waals surface area contributed by atoms with Gasteiger partial charge in [0, 0.05) is 6.67 Å². The van der Waals surface area contributed by atoms with E-state index in [1.165, 1.54) is 0 Å². The molecule has 14 heteroatoms. The Morgan fingerprint density at radius 2 is 1.29 bits per heavy atom. The van der Waals surface area contributed by atoms with Gasteiger partial charge in [-0.2, -0.15) is 0 Å². The van der Waals surface area contributed by atoms with Crippen molar-refractivity contribution >= 4 is 34.8 Å². The van der Waals surface area contributed by atoms with Crippen LogP contribution in [0.25, 0.3) is 0 Å². The van der Waals surface area contributed by atoms with Gasteiger partial charge in [0.15, 0.2) is 24.0 Å². The fourth-order valence-corrected chi connectivity index (χ4v) is 8.56. The van der Waals surface area contributed by atoms with Gasteiger partial charge in [0.25, 0.3) is 0 Å². The first-order chi connectivity index (χ1) is 32.6. The molecule has 1 aliphatic carbocycles. The fourth-order valence-electron chi connectivity index (χ4n) is 8.56. The summed E-state index contributed by atoms with van der Waals surface area (Å²) in [4.78, 5) is 80.5. The molecule has 10 N–H and O–H groups in total. The van der Waals surface area contributed by atoms with E-state index in [1.807, 2.05) is 105 Å². The number of ketones is 5. The highest BCUT2D eigenvalue weighted by molar-refractivity contribution is 6.39. The number of amides is 1. The molecule has 0 saturated heterocycles. The van der Waals surface area contributed by atoms with E-state index < -0.39 is 60.5 Å². The van der Waals surface area contributed by atoms with Gasteiger partial charge in [0.2, 0.25) is 17.5 Å². The predicted molar refractivity (Wildman–Crippen MR) is 265 cm³/mol. The van der Waals surface area contributed by atoms with Crippen LogP contribution >= 0.6 is 0 Å². The first-order valence-corrected chi connectivity index (χ1v) is 24.0. The Kier molecular flexibility index (Phi) is 20.9. The van der Waals surface area contributed by atoms with Crippen molar-refractivity contribution in [3.63, 3.8) is 0 Å². The van der Waals surface area contributed by atoms with E-state index in [0.29, 0.717) is 63.7 Å². The molecule has 0 spiro atoms. The summed E-state index contributed by atoms with van der Waals surface area (Å²) in [7, 11) is 0. The number of nitrogens with one attached hydrogen (secondary N) is 4. The van der Waals surface area contributed by atoms with Crippen molar-refractivity contribution < 1.29 is 33.5 Å². The number of hydrogen-bond acceptors (Lipinski definition) is 13. The van der Waals surface area contributed by atoms with Gasteiger partial charge in [-0.3, -0.25) is 44.7 Å². The minimum absolute atomic E-state index is 0.145. The fraction of sp³-hybridized carbons (Fsp3) is 0.444. The van der Waals surface area contributed by atoms with Crippen molar-refractivity contribution in [2.45, 2.75) is 128 Å². The topological polar surface area (TPSA) is 238 Å².